The largest absolute Gasteiger partial charge is 0.347 e. The second-order valence-electron chi connectivity index (χ2n) is 7.27. The molecule has 0 saturated carbocycles. The molecule has 2 aliphatic rings. The van der Waals surface area contributed by atoms with Crippen molar-refractivity contribution in [2.24, 2.45) is 4.99 Å². The van der Waals surface area contributed by atoms with Crippen molar-refractivity contribution >= 4 is 12.2 Å². The van der Waals surface area contributed by atoms with E-state index in [0.717, 1.165) is 45.4 Å². The molecule has 2 aromatic carbocycles. The van der Waals surface area contributed by atoms with Gasteiger partial charge in [-0.25, -0.2) is 4.99 Å². The zero-order valence-corrected chi connectivity index (χ0v) is 15.1. The van der Waals surface area contributed by atoms with Gasteiger partial charge in [-0.15, -0.1) is 0 Å². The second kappa shape index (κ2) is 7.42. The first-order valence-electron chi connectivity index (χ1n) is 9.42. The van der Waals surface area contributed by atoms with E-state index in [1.54, 1.807) is 6.34 Å². The van der Waals surface area contributed by atoms with Crippen molar-refractivity contribution in [2.75, 3.05) is 19.6 Å². The maximum absolute atomic E-state index is 12.6. The summed E-state index contributed by atoms with van der Waals surface area (Å²) >= 11 is 0. The average Bonchev–Trinajstić information content (AvgIpc) is 2.99. The molecule has 2 aliphatic heterocycles. The maximum Gasteiger partial charge on any atom is 0.273 e. The SMILES string of the molecule is O=C1N=CN(CCc2ccccc2)C12CCN(Cc1ccccc1)CC2. The topological polar surface area (TPSA) is 35.9 Å². The highest BCUT2D eigenvalue weighted by Gasteiger charge is 2.48. The molecule has 4 heteroatoms. The minimum Gasteiger partial charge on any atom is -0.347 e. The molecule has 2 aromatic rings. The van der Waals surface area contributed by atoms with Gasteiger partial charge < -0.3 is 4.90 Å². The first-order valence-corrected chi connectivity index (χ1v) is 9.42. The van der Waals surface area contributed by atoms with E-state index in [-0.39, 0.29) is 5.91 Å². The summed E-state index contributed by atoms with van der Waals surface area (Å²) in [4.78, 5) is 21.4. The van der Waals surface area contributed by atoms with Gasteiger partial charge in [-0.1, -0.05) is 60.7 Å². The summed E-state index contributed by atoms with van der Waals surface area (Å²) in [6.07, 6.45) is 4.43. The molecular formula is C22H25N3O. The monoisotopic (exact) mass is 347 g/mol. The first-order chi connectivity index (χ1) is 12.8. The first kappa shape index (κ1) is 17.0. The summed E-state index contributed by atoms with van der Waals surface area (Å²) in [6, 6.07) is 21.0. The summed E-state index contributed by atoms with van der Waals surface area (Å²) in [7, 11) is 0. The number of amides is 1. The predicted octanol–water partition coefficient (Wildman–Crippen LogP) is 3.13. The minimum atomic E-state index is -0.415. The van der Waals surface area contributed by atoms with Crippen LogP contribution in [0.1, 0.15) is 24.0 Å². The Balaban J connectivity index is 1.38. The van der Waals surface area contributed by atoms with E-state index < -0.39 is 5.54 Å². The lowest BCUT2D eigenvalue weighted by Crippen LogP contribution is -2.56. The quantitative estimate of drug-likeness (QED) is 0.834. The summed E-state index contributed by atoms with van der Waals surface area (Å²) in [5.41, 5.74) is 2.22. The van der Waals surface area contributed by atoms with Crippen molar-refractivity contribution < 1.29 is 4.79 Å². The van der Waals surface area contributed by atoms with Crippen LogP contribution in [0.3, 0.4) is 0 Å². The van der Waals surface area contributed by atoms with Gasteiger partial charge in [-0.3, -0.25) is 9.69 Å². The summed E-state index contributed by atoms with van der Waals surface area (Å²) in [6.45, 7) is 3.67. The molecular weight excluding hydrogens is 322 g/mol. The number of aliphatic imine (C=N–C) groups is 1. The van der Waals surface area contributed by atoms with E-state index in [1.165, 1.54) is 11.1 Å². The lowest BCUT2D eigenvalue weighted by Gasteiger charge is -2.43. The van der Waals surface area contributed by atoms with E-state index in [4.69, 9.17) is 0 Å². The zero-order chi connectivity index (χ0) is 17.8. The molecule has 1 amide bonds. The number of likely N-dealkylation sites (tertiary alicyclic amines) is 1. The molecule has 4 rings (SSSR count). The molecule has 0 aromatic heterocycles. The zero-order valence-electron chi connectivity index (χ0n) is 15.1. The van der Waals surface area contributed by atoms with Gasteiger partial charge in [-0.05, 0) is 30.4 Å². The second-order valence-corrected chi connectivity index (χ2v) is 7.27. The molecule has 1 spiro atoms. The fourth-order valence-corrected chi connectivity index (χ4v) is 4.07. The van der Waals surface area contributed by atoms with E-state index in [9.17, 15) is 4.79 Å². The van der Waals surface area contributed by atoms with Crippen LogP contribution in [0.5, 0.6) is 0 Å². The van der Waals surface area contributed by atoms with Gasteiger partial charge in [0.05, 0.1) is 6.34 Å². The Morgan fingerprint density at radius 1 is 0.885 bits per heavy atom. The third-order valence-corrected chi connectivity index (χ3v) is 5.68. The van der Waals surface area contributed by atoms with Gasteiger partial charge >= 0.3 is 0 Å². The molecule has 0 atom stereocenters. The van der Waals surface area contributed by atoms with Crippen molar-refractivity contribution in [3.63, 3.8) is 0 Å². The molecule has 0 aliphatic carbocycles. The highest BCUT2D eigenvalue weighted by atomic mass is 16.2. The minimum absolute atomic E-state index is 0.0462. The van der Waals surface area contributed by atoms with Gasteiger partial charge in [0.15, 0.2) is 0 Å². The van der Waals surface area contributed by atoms with Crippen LogP contribution in [0, 0.1) is 0 Å². The molecule has 26 heavy (non-hydrogen) atoms. The fourth-order valence-electron chi connectivity index (χ4n) is 4.07. The van der Waals surface area contributed by atoms with Crippen molar-refractivity contribution in [1.82, 2.24) is 9.80 Å². The Kier molecular flexibility index (Phi) is 4.85. The summed E-state index contributed by atoms with van der Waals surface area (Å²) < 4.78 is 0. The molecule has 0 radical (unpaired) electrons. The van der Waals surface area contributed by atoms with Crippen LogP contribution in [0.4, 0.5) is 0 Å². The smallest absolute Gasteiger partial charge is 0.273 e. The standard InChI is InChI=1S/C22H25N3O/c26-21-22(25(18-23-21)14-11-19-7-3-1-4-8-19)12-15-24(16-13-22)17-20-9-5-2-6-10-20/h1-10,18H,11-17H2. The molecule has 4 nitrogen and oxygen atoms in total. The Labute approximate surface area is 155 Å². The summed E-state index contributed by atoms with van der Waals surface area (Å²) in [5.74, 6) is 0.0462. The summed E-state index contributed by atoms with van der Waals surface area (Å²) in [5, 5.41) is 0. The molecule has 0 bridgehead atoms. The van der Waals surface area contributed by atoms with Crippen LogP contribution >= 0.6 is 0 Å². The van der Waals surface area contributed by atoms with Crippen LogP contribution in [-0.4, -0.2) is 47.2 Å². The Morgan fingerprint density at radius 3 is 2.15 bits per heavy atom. The molecule has 1 fully saturated rings. The normalized spacial score (nSPS) is 19.4. The Hall–Kier alpha value is -2.46. The van der Waals surface area contributed by atoms with Crippen molar-refractivity contribution in [1.29, 1.82) is 0 Å². The number of benzene rings is 2. The number of carbonyl (C=O) groups excluding carboxylic acids is 1. The number of carbonyl (C=O) groups is 1. The van der Waals surface area contributed by atoms with E-state index in [0.29, 0.717) is 0 Å². The molecule has 134 valence electrons. The predicted molar refractivity (Wildman–Crippen MR) is 104 cm³/mol. The number of nitrogens with zero attached hydrogens (tertiary/aromatic N) is 3. The third-order valence-electron chi connectivity index (χ3n) is 5.68. The number of hydrogen-bond donors (Lipinski definition) is 0. The Bertz CT molecular complexity index is 764. The average molecular weight is 347 g/mol. The van der Waals surface area contributed by atoms with Crippen LogP contribution < -0.4 is 0 Å². The number of piperidine rings is 1. The maximum atomic E-state index is 12.6. The van der Waals surface area contributed by atoms with Crippen molar-refractivity contribution in [2.45, 2.75) is 31.3 Å². The molecule has 2 heterocycles. The highest BCUT2D eigenvalue weighted by Crippen LogP contribution is 2.33. The van der Waals surface area contributed by atoms with Crippen molar-refractivity contribution in [3.05, 3.63) is 71.8 Å². The van der Waals surface area contributed by atoms with Crippen LogP contribution in [0.25, 0.3) is 0 Å². The van der Waals surface area contributed by atoms with Crippen LogP contribution in [-0.2, 0) is 17.8 Å². The lowest BCUT2D eigenvalue weighted by molar-refractivity contribution is -0.128. The Morgan fingerprint density at radius 2 is 1.50 bits per heavy atom. The number of hydrogen-bond acceptors (Lipinski definition) is 3. The van der Waals surface area contributed by atoms with Crippen LogP contribution in [0.2, 0.25) is 0 Å². The van der Waals surface area contributed by atoms with E-state index in [2.05, 4.69) is 63.3 Å². The van der Waals surface area contributed by atoms with Gasteiger partial charge in [0.2, 0.25) is 0 Å². The third kappa shape index (κ3) is 3.42. The molecule has 1 saturated heterocycles. The fraction of sp³-hybridized carbons (Fsp3) is 0.364. The van der Waals surface area contributed by atoms with E-state index in [1.807, 2.05) is 12.1 Å². The van der Waals surface area contributed by atoms with Gasteiger partial charge in [-0.2, -0.15) is 0 Å². The van der Waals surface area contributed by atoms with E-state index >= 15 is 0 Å². The van der Waals surface area contributed by atoms with Crippen molar-refractivity contribution in [3.8, 4) is 0 Å². The molecule has 0 unspecified atom stereocenters. The molecule has 0 N–H and O–H groups in total. The van der Waals surface area contributed by atoms with Gasteiger partial charge in [0, 0.05) is 26.2 Å². The highest BCUT2D eigenvalue weighted by molar-refractivity contribution is 5.98. The van der Waals surface area contributed by atoms with Gasteiger partial charge in [0.25, 0.3) is 5.91 Å². The lowest BCUT2D eigenvalue weighted by atomic mass is 9.85. The number of rotatable bonds is 5. The van der Waals surface area contributed by atoms with Gasteiger partial charge in [0.1, 0.15) is 5.54 Å². The van der Waals surface area contributed by atoms with Crippen LogP contribution in [0.15, 0.2) is 65.7 Å².